The fourth-order valence-electron chi connectivity index (χ4n) is 2.18. The van der Waals surface area contributed by atoms with Crippen LogP contribution < -0.4 is 15.8 Å². The Morgan fingerprint density at radius 1 is 1.17 bits per heavy atom. The first kappa shape index (κ1) is 17.9. The van der Waals surface area contributed by atoms with Crippen molar-refractivity contribution in [1.29, 1.82) is 0 Å². The molecule has 0 spiro atoms. The van der Waals surface area contributed by atoms with Gasteiger partial charge in [-0.15, -0.1) is 0 Å². The zero-order chi connectivity index (χ0) is 17.4. The lowest BCUT2D eigenvalue weighted by Crippen LogP contribution is -2.19. The first-order valence-corrected chi connectivity index (χ1v) is 8.28. The van der Waals surface area contributed by atoms with E-state index in [4.69, 9.17) is 10.5 Å². The highest BCUT2D eigenvalue weighted by atomic mass is 16.5. The molecule has 3 N–H and O–H groups in total. The smallest absolute Gasteiger partial charge is 0.250 e. The standard InChI is InChI=1S/C19H25N3O2/c1-14(2)9-11-21-12-10-15-3-6-17(7-4-15)24-18-8-5-16(13-22-18)19(20)23/h3-8,13-14,21H,9-12H2,1-2H3,(H2,20,23). The average Bonchev–Trinajstić information content (AvgIpc) is 2.56. The minimum absolute atomic E-state index is 0.364. The lowest BCUT2D eigenvalue weighted by Gasteiger charge is -2.08. The molecule has 0 saturated carbocycles. The largest absolute Gasteiger partial charge is 0.439 e. The zero-order valence-corrected chi connectivity index (χ0v) is 14.3. The summed E-state index contributed by atoms with van der Waals surface area (Å²) in [5, 5.41) is 3.46. The molecule has 0 aliphatic heterocycles. The van der Waals surface area contributed by atoms with E-state index in [0.717, 1.165) is 25.4 Å². The molecule has 0 saturated heterocycles. The van der Waals surface area contributed by atoms with Crippen LogP contribution in [0.5, 0.6) is 11.6 Å². The second kappa shape index (κ2) is 9.03. The molecule has 0 aliphatic carbocycles. The second-order valence-corrected chi connectivity index (χ2v) is 6.18. The van der Waals surface area contributed by atoms with Gasteiger partial charge in [-0.1, -0.05) is 26.0 Å². The summed E-state index contributed by atoms with van der Waals surface area (Å²) in [6.07, 6.45) is 3.60. The highest BCUT2D eigenvalue weighted by molar-refractivity contribution is 5.92. The van der Waals surface area contributed by atoms with E-state index < -0.39 is 5.91 Å². The Morgan fingerprint density at radius 3 is 2.50 bits per heavy atom. The molecule has 5 nitrogen and oxygen atoms in total. The Kier molecular flexibility index (Phi) is 6.75. The lowest BCUT2D eigenvalue weighted by atomic mass is 10.1. The number of hydrogen-bond donors (Lipinski definition) is 2. The number of nitrogens with one attached hydrogen (secondary N) is 1. The van der Waals surface area contributed by atoms with Crippen LogP contribution in [-0.4, -0.2) is 24.0 Å². The summed E-state index contributed by atoms with van der Waals surface area (Å²) in [4.78, 5) is 15.1. The Morgan fingerprint density at radius 2 is 1.92 bits per heavy atom. The van der Waals surface area contributed by atoms with E-state index in [2.05, 4.69) is 36.3 Å². The van der Waals surface area contributed by atoms with Crippen molar-refractivity contribution in [2.75, 3.05) is 13.1 Å². The van der Waals surface area contributed by atoms with Gasteiger partial charge in [0.1, 0.15) is 5.75 Å². The third-order valence-corrected chi connectivity index (χ3v) is 3.66. The lowest BCUT2D eigenvalue weighted by molar-refractivity contribution is 0.1000. The summed E-state index contributed by atoms with van der Waals surface area (Å²) in [5.41, 5.74) is 6.81. The first-order chi connectivity index (χ1) is 11.5. The molecule has 0 unspecified atom stereocenters. The normalized spacial score (nSPS) is 10.8. The van der Waals surface area contributed by atoms with Gasteiger partial charge in [0.2, 0.25) is 11.8 Å². The van der Waals surface area contributed by atoms with Crippen molar-refractivity contribution >= 4 is 5.91 Å². The van der Waals surface area contributed by atoms with E-state index in [-0.39, 0.29) is 0 Å². The van der Waals surface area contributed by atoms with Gasteiger partial charge in [-0.05, 0) is 55.6 Å². The maximum Gasteiger partial charge on any atom is 0.250 e. The van der Waals surface area contributed by atoms with Gasteiger partial charge in [0.25, 0.3) is 0 Å². The predicted molar refractivity (Wildman–Crippen MR) is 95.3 cm³/mol. The Hall–Kier alpha value is -2.40. The van der Waals surface area contributed by atoms with Gasteiger partial charge in [-0.2, -0.15) is 0 Å². The van der Waals surface area contributed by atoms with Crippen LogP contribution in [0.2, 0.25) is 0 Å². The van der Waals surface area contributed by atoms with Crippen LogP contribution in [-0.2, 0) is 6.42 Å². The van der Waals surface area contributed by atoms with Crippen LogP contribution in [0.25, 0.3) is 0 Å². The quantitative estimate of drug-likeness (QED) is 0.694. The van der Waals surface area contributed by atoms with Crippen molar-refractivity contribution in [2.45, 2.75) is 26.7 Å². The van der Waals surface area contributed by atoms with Crippen molar-refractivity contribution in [3.05, 3.63) is 53.7 Å². The number of ether oxygens (including phenoxy) is 1. The molecule has 0 radical (unpaired) electrons. The van der Waals surface area contributed by atoms with Crippen molar-refractivity contribution < 1.29 is 9.53 Å². The summed E-state index contributed by atoms with van der Waals surface area (Å²) in [7, 11) is 0. The highest BCUT2D eigenvalue weighted by Crippen LogP contribution is 2.20. The van der Waals surface area contributed by atoms with Crippen LogP contribution in [0, 0.1) is 5.92 Å². The second-order valence-electron chi connectivity index (χ2n) is 6.18. The molecule has 0 bridgehead atoms. The molecule has 0 atom stereocenters. The van der Waals surface area contributed by atoms with E-state index in [1.54, 1.807) is 12.1 Å². The number of nitrogens with zero attached hydrogens (tertiary/aromatic N) is 1. The number of amides is 1. The molecular weight excluding hydrogens is 302 g/mol. The molecule has 2 aromatic rings. The number of hydrogen-bond acceptors (Lipinski definition) is 4. The number of benzene rings is 1. The number of rotatable bonds is 9. The van der Waals surface area contributed by atoms with Gasteiger partial charge in [-0.25, -0.2) is 4.98 Å². The van der Waals surface area contributed by atoms with Crippen LogP contribution in [0.4, 0.5) is 0 Å². The minimum atomic E-state index is -0.500. The number of primary amides is 1. The zero-order valence-electron chi connectivity index (χ0n) is 14.3. The van der Waals surface area contributed by atoms with Crippen molar-refractivity contribution in [2.24, 2.45) is 11.7 Å². The van der Waals surface area contributed by atoms with Gasteiger partial charge < -0.3 is 15.8 Å². The molecule has 24 heavy (non-hydrogen) atoms. The SMILES string of the molecule is CC(C)CCNCCc1ccc(Oc2ccc(C(N)=O)cn2)cc1. The van der Waals surface area contributed by atoms with Crippen LogP contribution in [0.15, 0.2) is 42.6 Å². The molecule has 1 aromatic heterocycles. The summed E-state index contributed by atoms with van der Waals surface area (Å²) in [6, 6.07) is 11.2. The van der Waals surface area contributed by atoms with Crippen LogP contribution >= 0.6 is 0 Å². The van der Waals surface area contributed by atoms with Gasteiger partial charge in [0.05, 0.1) is 5.56 Å². The van der Waals surface area contributed by atoms with Gasteiger partial charge in [-0.3, -0.25) is 4.79 Å². The van der Waals surface area contributed by atoms with E-state index in [9.17, 15) is 4.79 Å². The fraction of sp³-hybridized carbons (Fsp3) is 0.368. The van der Waals surface area contributed by atoms with E-state index in [0.29, 0.717) is 17.2 Å². The predicted octanol–water partition coefficient (Wildman–Crippen LogP) is 3.15. The molecule has 2 rings (SSSR count). The molecule has 5 heteroatoms. The molecule has 1 heterocycles. The molecule has 1 aromatic carbocycles. The summed E-state index contributed by atoms with van der Waals surface area (Å²) in [5.74, 6) is 1.38. The number of carbonyl (C=O) groups is 1. The Labute approximate surface area is 143 Å². The fourth-order valence-corrected chi connectivity index (χ4v) is 2.18. The van der Waals surface area contributed by atoms with Crippen LogP contribution in [0.1, 0.15) is 36.2 Å². The van der Waals surface area contributed by atoms with Gasteiger partial charge in [0, 0.05) is 12.3 Å². The number of carbonyl (C=O) groups excluding carboxylic acids is 1. The molecule has 0 aliphatic rings. The third-order valence-electron chi connectivity index (χ3n) is 3.66. The van der Waals surface area contributed by atoms with Crippen molar-refractivity contribution in [1.82, 2.24) is 10.3 Å². The Bertz CT molecular complexity index is 637. The monoisotopic (exact) mass is 327 g/mol. The molecule has 0 fully saturated rings. The number of nitrogens with two attached hydrogens (primary N) is 1. The summed E-state index contributed by atoms with van der Waals surface area (Å²) in [6.45, 7) is 6.50. The first-order valence-electron chi connectivity index (χ1n) is 8.28. The molecule has 1 amide bonds. The van der Waals surface area contributed by atoms with E-state index in [1.807, 2.05) is 12.1 Å². The van der Waals surface area contributed by atoms with Crippen LogP contribution in [0.3, 0.4) is 0 Å². The molecule has 128 valence electrons. The summed E-state index contributed by atoms with van der Waals surface area (Å²) >= 11 is 0. The van der Waals surface area contributed by atoms with Gasteiger partial charge in [0.15, 0.2) is 0 Å². The van der Waals surface area contributed by atoms with E-state index in [1.165, 1.54) is 18.2 Å². The average molecular weight is 327 g/mol. The highest BCUT2D eigenvalue weighted by Gasteiger charge is 2.03. The maximum absolute atomic E-state index is 11.0. The number of aromatic nitrogens is 1. The third kappa shape index (κ3) is 6.01. The summed E-state index contributed by atoms with van der Waals surface area (Å²) < 4.78 is 5.66. The van der Waals surface area contributed by atoms with Gasteiger partial charge >= 0.3 is 0 Å². The number of pyridine rings is 1. The molecular formula is C19H25N3O2. The topological polar surface area (TPSA) is 77.2 Å². The van der Waals surface area contributed by atoms with Crippen molar-refractivity contribution in [3.63, 3.8) is 0 Å². The maximum atomic E-state index is 11.0. The minimum Gasteiger partial charge on any atom is -0.439 e. The van der Waals surface area contributed by atoms with Crippen molar-refractivity contribution in [3.8, 4) is 11.6 Å². The van der Waals surface area contributed by atoms with E-state index >= 15 is 0 Å². The Balaban J connectivity index is 1.80.